The molecule has 0 atom stereocenters. The van der Waals surface area contributed by atoms with Gasteiger partial charge < -0.3 is 10.0 Å². The standard InChI is InChI=1S/C17H29NO/c1-3-5-6-7-10-16-11-8-12-17(15-16)18(4-2)13-9-14-19/h8,11-12,15,19H,3-7,9-10,13-14H2,1-2H3. The minimum Gasteiger partial charge on any atom is -0.396 e. The highest BCUT2D eigenvalue weighted by Crippen LogP contribution is 2.18. The van der Waals surface area contributed by atoms with E-state index in [0.29, 0.717) is 0 Å². The Morgan fingerprint density at radius 1 is 1.05 bits per heavy atom. The number of anilines is 1. The zero-order valence-corrected chi connectivity index (χ0v) is 12.6. The number of nitrogens with zero attached hydrogens (tertiary/aromatic N) is 1. The van der Waals surface area contributed by atoms with Crippen LogP contribution in [0.25, 0.3) is 0 Å². The Balaban J connectivity index is 2.54. The number of hydrogen-bond acceptors (Lipinski definition) is 2. The Kier molecular flexibility index (Phi) is 8.31. The number of benzene rings is 1. The van der Waals surface area contributed by atoms with E-state index in [1.807, 2.05) is 0 Å². The van der Waals surface area contributed by atoms with Crippen LogP contribution in [0.4, 0.5) is 5.69 Å². The molecule has 0 spiro atoms. The summed E-state index contributed by atoms with van der Waals surface area (Å²) in [6.45, 7) is 6.63. The molecule has 0 saturated carbocycles. The van der Waals surface area contributed by atoms with Crippen molar-refractivity contribution in [2.24, 2.45) is 0 Å². The van der Waals surface area contributed by atoms with Crippen molar-refractivity contribution >= 4 is 5.69 Å². The first-order valence-electron chi connectivity index (χ1n) is 7.76. The van der Waals surface area contributed by atoms with Crippen LogP contribution in [-0.4, -0.2) is 24.8 Å². The highest BCUT2D eigenvalue weighted by molar-refractivity contribution is 5.48. The summed E-state index contributed by atoms with van der Waals surface area (Å²) in [5.41, 5.74) is 2.74. The quantitative estimate of drug-likeness (QED) is 0.645. The molecular formula is C17H29NO. The maximum atomic E-state index is 8.95. The maximum absolute atomic E-state index is 8.95. The molecule has 108 valence electrons. The van der Waals surface area contributed by atoms with Gasteiger partial charge in [0.25, 0.3) is 0 Å². The molecule has 0 bridgehead atoms. The van der Waals surface area contributed by atoms with E-state index in [4.69, 9.17) is 5.11 Å². The third kappa shape index (κ3) is 6.11. The minimum absolute atomic E-state index is 0.271. The molecule has 0 radical (unpaired) electrons. The molecule has 0 aliphatic heterocycles. The predicted molar refractivity (Wildman–Crippen MR) is 83.9 cm³/mol. The lowest BCUT2D eigenvalue weighted by Crippen LogP contribution is -2.24. The van der Waals surface area contributed by atoms with Crippen molar-refractivity contribution in [3.05, 3.63) is 29.8 Å². The van der Waals surface area contributed by atoms with Crippen molar-refractivity contribution in [2.45, 2.75) is 52.4 Å². The second-order valence-corrected chi connectivity index (χ2v) is 5.14. The number of unbranched alkanes of at least 4 members (excludes halogenated alkanes) is 3. The first kappa shape index (κ1) is 16.0. The summed E-state index contributed by atoms with van der Waals surface area (Å²) in [7, 11) is 0. The van der Waals surface area contributed by atoms with E-state index in [-0.39, 0.29) is 6.61 Å². The molecule has 1 aromatic carbocycles. The molecule has 2 heteroatoms. The zero-order chi connectivity index (χ0) is 13.9. The van der Waals surface area contributed by atoms with E-state index in [1.165, 1.54) is 43.4 Å². The Labute approximate surface area is 118 Å². The van der Waals surface area contributed by atoms with Crippen LogP contribution in [0.15, 0.2) is 24.3 Å². The smallest absolute Gasteiger partial charge is 0.0447 e. The second kappa shape index (κ2) is 9.85. The first-order valence-corrected chi connectivity index (χ1v) is 7.76. The third-order valence-electron chi connectivity index (χ3n) is 3.56. The Morgan fingerprint density at radius 3 is 2.58 bits per heavy atom. The van der Waals surface area contributed by atoms with Crippen LogP contribution in [0.3, 0.4) is 0 Å². The topological polar surface area (TPSA) is 23.5 Å². The summed E-state index contributed by atoms with van der Waals surface area (Å²) in [6.07, 6.45) is 7.30. The van der Waals surface area contributed by atoms with E-state index in [0.717, 1.165) is 19.5 Å². The lowest BCUT2D eigenvalue weighted by atomic mass is 10.1. The lowest BCUT2D eigenvalue weighted by molar-refractivity contribution is 0.289. The molecule has 1 aromatic rings. The fourth-order valence-corrected chi connectivity index (χ4v) is 2.40. The van der Waals surface area contributed by atoms with Crippen molar-refractivity contribution < 1.29 is 5.11 Å². The van der Waals surface area contributed by atoms with Crippen molar-refractivity contribution in [3.63, 3.8) is 0 Å². The Morgan fingerprint density at radius 2 is 1.89 bits per heavy atom. The highest BCUT2D eigenvalue weighted by Gasteiger charge is 2.04. The fraction of sp³-hybridized carbons (Fsp3) is 0.647. The fourth-order valence-electron chi connectivity index (χ4n) is 2.40. The van der Waals surface area contributed by atoms with Gasteiger partial charge in [-0.3, -0.25) is 0 Å². The van der Waals surface area contributed by atoms with Gasteiger partial charge in [0.2, 0.25) is 0 Å². The van der Waals surface area contributed by atoms with E-state index >= 15 is 0 Å². The molecule has 2 nitrogen and oxygen atoms in total. The average molecular weight is 263 g/mol. The molecule has 0 aliphatic rings. The van der Waals surface area contributed by atoms with E-state index in [1.54, 1.807) is 0 Å². The highest BCUT2D eigenvalue weighted by atomic mass is 16.3. The molecule has 0 saturated heterocycles. The molecule has 0 unspecified atom stereocenters. The lowest BCUT2D eigenvalue weighted by Gasteiger charge is -2.23. The van der Waals surface area contributed by atoms with Crippen molar-refractivity contribution in [1.29, 1.82) is 0 Å². The number of aliphatic hydroxyl groups excluding tert-OH is 1. The normalized spacial score (nSPS) is 10.7. The van der Waals surface area contributed by atoms with E-state index in [2.05, 4.69) is 43.0 Å². The van der Waals surface area contributed by atoms with Gasteiger partial charge in [-0.25, -0.2) is 0 Å². The van der Waals surface area contributed by atoms with Crippen LogP contribution < -0.4 is 4.90 Å². The molecule has 0 amide bonds. The van der Waals surface area contributed by atoms with Crippen LogP contribution >= 0.6 is 0 Å². The summed E-state index contributed by atoms with van der Waals surface area (Å²) in [5, 5.41) is 8.95. The molecule has 19 heavy (non-hydrogen) atoms. The van der Waals surface area contributed by atoms with Gasteiger partial charge in [-0.2, -0.15) is 0 Å². The van der Waals surface area contributed by atoms with Gasteiger partial charge in [-0.1, -0.05) is 38.3 Å². The molecular weight excluding hydrogens is 234 g/mol. The van der Waals surface area contributed by atoms with Crippen molar-refractivity contribution in [2.75, 3.05) is 24.6 Å². The predicted octanol–water partition coefficient (Wildman–Crippen LogP) is 4.02. The first-order chi connectivity index (χ1) is 9.31. The summed E-state index contributed by atoms with van der Waals surface area (Å²) in [4.78, 5) is 2.34. The van der Waals surface area contributed by atoms with Gasteiger partial charge in [0.05, 0.1) is 0 Å². The minimum atomic E-state index is 0.271. The van der Waals surface area contributed by atoms with E-state index in [9.17, 15) is 0 Å². The van der Waals surface area contributed by atoms with Crippen LogP contribution in [0, 0.1) is 0 Å². The van der Waals surface area contributed by atoms with Gasteiger partial charge in [0, 0.05) is 25.4 Å². The van der Waals surface area contributed by atoms with Gasteiger partial charge in [0.15, 0.2) is 0 Å². The van der Waals surface area contributed by atoms with Gasteiger partial charge in [-0.05, 0) is 43.9 Å². The van der Waals surface area contributed by atoms with Crippen LogP contribution in [0.2, 0.25) is 0 Å². The number of rotatable bonds is 10. The Hall–Kier alpha value is -1.02. The average Bonchev–Trinajstić information content (AvgIpc) is 2.45. The maximum Gasteiger partial charge on any atom is 0.0447 e. The SMILES string of the molecule is CCCCCCc1cccc(N(CC)CCCO)c1. The second-order valence-electron chi connectivity index (χ2n) is 5.14. The van der Waals surface area contributed by atoms with Crippen LogP contribution in [-0.2, 0) is 6.42 Å². The number of aliphatic hydroxyl groups is 1. The molecule has 0 aromatic heterocycles. The van der Waals surface area contributed by atoms with Crippen LogP contribution in [0.5, 0.6) is 0 Å². The molecule has 1 rings (SSSR count). The Bertz CT molecular complexity index is 338. The zero-order valence-electron chi connectivity index (χ0n) is 12.6. The molecule has 0 heterocycles. The number of hydrogen-bond donors (Lipinski definition) is 1. The van der Waals surface area contributed by atoms with Gasteiger partial charge in [-0.15, -0.1) is 0 Å². The summed E-state index contributed by atoms with van der Waals surface area (Å²) in [5.74, 6) is 0. The monoisotopic (exact) mass is 263 g/mol. The molecule has 0 aliphatic carbocycles. The van der Waals surface area contributed by atoms with Gasteiger partial charge >= 0.3 is 0 Å². The third-order valence-corrected chi connectivity index (χ3v) is 3.56. The van der Waals surface area contributed by atoms with Crippen LogP contribution in [0.1, 0.15) is 51.5 Å². The van der Waals surface area contributed by atoms with E-state index < -0.39 is 0 Å². The summed E-state index contributed by atoms with van der Waals surface area (Å²) in [6, 6.07) is 8.88. The summed E-state index contributed by atoms with van der Waals surface area (Å²) >= 11 is 0. The summed E-state index contributed by atoms with van der Waals surface area (Å²) < 4.78 is 0. The molecule has 0 fully saturated rings. The van der Waals surface area contributed by atoms with Crippen molar-refractivity contribution in [1.82, 2.24) is 0 Å². The molecule has 1 N–H and O–H groups in total. The largest absolute Gasteiger partial charge is 0.396 e. The van der Waals surface area contributed by atoms with Crippen molar-refractivity contribution in [3.8, 4) is 0 Å². The van der Waals surface area contributed by atoms with Gasteiger partial charge in [0.1, 0.15) is 0 Å². The number of aryl methyl sites for hydroxylation is 1.